The Kier molecular flexibility index (Phi) is 50.3. The van der Waals surface area contributed by atoms with E-state index in [9.17, 15) is 14.4 Å². The number of esters is 3. The van der Waals surface area contributed by atoms with Crippen LogP contribution in [0.1, 0.15) is 290 Å². The van der Waals surface area contributed by atoms with Gasteiger partial charge in [-0.25, -0.2) is 0 Å². The van der Waals surface area contributed by atoms with Crippen molar-refractivity contribution in [2.45, 2.75) is 297 Å². The molecule has 0 aliphatic heterocycles. The van der Waals surface area contributed by atoms with E-state index >= 15 is 0 Å². The van der Waals surface area contributed by atoms with E-state index in [2.05, 4.69) is 57.2 Å². The van der Waals surface area contributed by atoms with Crippen LogP contribution in [0.2, 0.25) is 0 Å². The smallest absolute Gasteiger partial charge is 0.306 e. The quantitative estimate of drug-likeness (QED) is 0.0262. The van der Waals surface area contributed by atoms with E-state index < -0.39 is 6.10 Å². The zero-order valence-electron chi connectivity index (χ0n) is 42.1. The van der Waals surface area contributed by atoms with Crippen molar-refractivity contribution in [2.75, 3.05) is 13.2 Å². The molecule has 63 heavy (non-hydrogen) atoms. The summed E-state index contributed by atoms with van der Waals surface area (Å²) in [6.45, 7) is 6.61. The van der Waals surface area contributed by atoms with Gasteiger partial charge in [-0.1, -0.05) is 237 Å². The third kappa shape index (κ3) is 50.5. The first kappa shape index (κ1) is 60.6. The summed E-state index contributed by atoms with van der Waals surface area (Å²) in [6.07, 6.45) is 61.2. The SMILES string of the molecule is CCCC/C=C\C/C=C\CCCCCCCC(=O)O[C@@H](COC(=O)CCCCCCCCC/C=C\CCCCCCCC)COC(=O)CCCCCCCCCCCCCCCC. The highest BCUT2D eigenvalue weighted by Crippen LogP contribution is 2.16. The summed E-state index contributed by atoms with van der Waals surface area (Å²) in [5.41, 5.74) is 0. The molecule has 6 heteroatoms. The number of carbonyl (C=O) groups excluding carboxylic acids is 3. The Labute approximate surface area is 391 Å². The minimum absolute atomic E-state index is 0.0760. The highest BCUT2D eigenvalue weighted by molar-refractivity contribution is 5.71. The van der Waals surface area contributed by atoms with Crippen LogP contribution < -0.4 is 0 Å². The van der Waals surface area contributed by atoms with Crippen LogP contribution in [0.15, 0.2) is 36.5 Å². The van der Waals surface area contributed by atoms with Gasteiger partial charge in [0.2, 0.25) is 0 Å². The predicted octanol–water partition coefficient (Wildman–Crippen LogP) is 18.1. The molecular weight excluding hydrogens is 781 g/mol. The lowest BCUT2D eigenvalue weighted by Gasteiger charge is -2.18. The Morgan fingerprint density at radius 2 is 0.587 bits per heavy atom. The van der Waals surface area contributed by atoms with Crippen LogP contribution in [0.25, 0.3) is 0 Å². The van der Waals surface area contributed by atoms with Crippen molar-refractivity contribution in [1.29, 1.82) is 0 Å². The lowest BCUT2D eigenvalue weighted by atomic mass is 10.0. The van der Waals surface area contributed by atoms with Gasteiger partial charge in [0.25, 0.3) is 0 Å². The first-order chi connectivity index (χ1) is 31.0. The Morgan fingerprint density at radius 3 is 0.937 bits per heavy atom. The van der Waals surface area contributed by atoms with E-state index in [1.165, 1.54) is 167 Å². The highest BCUT2D eigenvalue weighted by atomic mass is 16.6. The molecule has 0 rings (SSSR count). The average molecular weight is 885 g/mol. The highest BCUT2D eigenvalue weighted by Gasteiger charge is 2.19. The number of hydrogen-bond donors (Lipinski definition) is 0. The fourth-order valence-corrected chi connectivity index (χ4v) is 7.93. The summed E-state index contributed by atoms with van der Waals surface area (Å²) < 4.78 is 16.8. The van der Waals surface area contributed by atoms with Crippen LogP contribution >= 0.6 is 0 Å². The number of unbranched alkanes of at least 4 members (excludes halogenated alkanes) is 33. The second-order valence-corrected chi connectivity index (χ2v) is 18.5. The second kappa shape index (κ2) is 52.3. The number of hydrogen-bond acceptors (Lipinski definition) is 6. The van der Waals surface area contributed by atoms with Gasteiger partial charge >= 0.3 is 17.9 Å². The molecule has 0 heterocycles. The van der Waals surface area contributed by atoms with Gasteiger partial charge < -0.3 is 14.2 Å². The van der Waals surface area contributed by atoms with E-state index in [1.54, 1.807) is 0 Å². The summed E-state index contributed by atoms with van der Waals surface area (Å²) in [7, 11) is 0. The van der Waals surface area contributed by atoms with Crippen molar-refractivity contribution in [2.24, 2.45) is 0 Å². The maximum absolute atomic E-state index is 12.8. The Balaban J connectivity index is 4.36. The van der Waals surface area contributed by atoms with Crippen LogP contribution in [0.4, 0.5) is 0 Å². The normalized spacial score (nSPS) is 12.2. The standard InChI is InChI=1S/C57H104O6/c1-4-7-10-13-16-19-22-25-28-29-30-33-35-38-41-44-47-50-56(59)62-53-54(63-57(60)51-48-45-42-39-36-32-27-24-21-18-15-12-9-6-3)52-61-55(58)49-46-43-40-37-34-31-26-23-20-17-14-11-8-5-2/h15,18,24-25,27-28,54H,4-14,16-17,19-23,26,29-53H2,1-3H3/b18-15-,27-24-,28-25-/t54-/m1/s1. The lowest BCUT2D eigenvalue weighted by Crippen LogP contribution is -2.30. The van der Waals surface area contributed by atoms with Gasteiger partial charge in [0, 0.05) is 19.3 Å². The van der Waals surface area contributed by atoms with E-state index in [1.807, 2.05) is 0 Å². The molecule has 0 N–H and O–H groups in total. The van der Waals surface area contributed by atoms with Gasteiger partial charge in [-0.05, 0) is 70.6 Å². The first-order valence-corrected chi connectivity index (χ1v) is 27.5. The third-order valence-corrected chi connectivity index (χ3v) is 12.1. The Bertz CT molecular complexity index is 1060. The number of ether oxygens (including phenoxy) is 3. The van der Waals surface area contributed by atoms with Crippen molar-refractivity contribution in [3.8, 4) is 0 Å². The zero-order valence-corrected chi connectivity index (χ0v) is 42.1. The fraction of sp³-hybridized carbons (Fsp3) is 0.842. The second-order valence-electron chi connectivity index (χ2n) is 18.5. The van der Waals surface area contributed by atoms with Gasteiger partial charge in [-0.3, -0.25) is 14.4 Å². The van der Waals surface area contributed by atoms with Crippen molar-refractivity contribution in [3.63, 3.8) is 0 Å². The summed E-state index contributed by atoms with van der Waals surface area (Å²) in [4.78, 5) is 38.0. The van der Waals surface area contributed by atoms with Crippen molar-refractivity contribution < 1.29 is 28.6 Å². The van der Waals surface area contributed by atoms with E-state index in [4.69, 9.17) is 14.2 Å². The predicted molar refractivity (Wildman–Crippen MR) is 270 cm³/mol. The number of allylic oxidation sites excluding steroid dienone is 6. The summed E-state index contributed by atoms with van der Waals surface area (Å²) >= 11 is 0. The molecule has 0 aliphatic carbocycles. The molecule has 0 bridgehead atoms. The van der Waals surface area contributed by atoms with Crippen molar-refractivity contribution in [1.82, 2.24) is 0 Å². The topological polar surface area (TPSA) is 78.9 Å². The molecule has 0 saturated heterocycles. The maximum Gasteiger partial charge on any atom is 0.306 e. The fourth-order valence-electron chi connectivity index (χ4n) is 7.93. The van der Waals surface area contributed by atoms with Gasteiger partial charge in [-0.15, -0.1) is 0 Å². The molecule has 0 radical (unpaired) electrons. The summed E-state index contributed by atoms with van der Waals surface area (Å²) in [5, 5.41) is 0. The Morgan fingerprint density at radius 1 is 0.317 bits per heavy atom. The van der Waals surface area contributed by atoms with Crippen molar-refractivity contribution >= 4 is 17.9 Å². The largest absolute Gasteiger partial charge is 0.462 e. The molecular formula is C57H104O6. The van der Waals surface area contributed by atoms with Crippen LogP contribution in [0, 0.1) is 0 Å². The molecule has 0 aromatic carbocycles. The molecule has 1 atom stereocenters. The molecule has 368 valence electrons. The average Bonchev–Trinajstić information content (AvgIpc) is 3.28. The minimum atomic E-state index is -0.777. The van der Waals surface area contributed by atoms with Gasteiger partial charge in [-0.2, -0.15) is 0 Å². The summed E-state index contributed by atoms with van der Waals surface area (Å²) in [6, 6.07) is 0. The molecule has 0 fully saturated rings. The van der Waals surface area contributed by atoms with E-state index in [0.29, 0.717) is 19.3 Å². The maximum atomic E-state index is 12.8. The van der Waals surface area contributed by atoms with Gasteiger partial charge in [0.15, 0.2) is 6.10 Å². The van der Waals surface area contributed by atoms with Crippen molar-refractivity contribution in [3.05, 3.63) is 36.5 Å². The third-order valence-electron chi connectivity index (χ3n) is 12.1. The van der Waals surface area contributed by atoms with E-state index in [-0.39, 0.29) is 31.1 Å². The first-order valence-electron chi connectivity index (χ1n) is 27.5. The molecule has 0 aliphatic rings. The zero-order chi connectivity index (χ0) is 45.8. The number of rotatable bonds is 50. The molecule has 6 nitrogen and oxygen atoms in total. The molecule has 0 aromatic rings. The van der Waals surface area contributed by atoms with Crippen LogP contribution in [-0.4, -0.2) is 37.2 Å². The lowest BCUT2D eigenvalue weighted by molar-refractivity contribution is -0.167. The minimum Gasteiger partial charge on any atom is -0.462 e. The van der Waals surface area contributed by atoms with Crippen LogP contribution in [0.5, 0.6) is 0 Å². The number of carbonyl (C=O) groups is 3. The molecule has 0 saturated carbocycles. The van der Waals surface area contributed by atoms with Crippen LogP contribution in [0.3, 0.4) is 0 Å². The Hall–Kier alpha value is -2.37. The van der Waals surface area contributed by atoms with Crippen LogP contribution in [-0.2, 0) is 28.6 Å². The van der Waals surface area contributed by atoms with E-state index in [0.717, 1.165) is 83.5 Å². The molecule has 0 aromatic heterocycles. The van der Waals surface area contributed by atoms with Gasteiger partial charge in [0.1, 0.15) is 13.2 Å². The molecule has 0 unspecified atom stereocenters. The summed E-state index contributed by atoms with van der Waals surface area (Å²) in [5.74, 6) is -0.881. The van der Waals surface area contributed by atoms with Gasteiger partial charge in [0.05, 0.1) is 0 Å². The molecule has 0 spiro atoms. The monoisotopic (exact) mass is 885 g/mol. The molecule has 0 amide bonds.